The molecule has 3 heterocycles. The first kappa shape index (κ1) is 20.7. The molecular formula is C27H23N5O. The first-order valence-corrected chi connectivity index (χ1v) is 10.8. The topological polar surface area (TPSA) is 76.5 Å². The molecular weight excluding hydrogens is 410 g/mol. The van der Waals surface area contributed by atoms with E-state index in [4.69, 9.17) is 0 Å². The van der Waals surface area contributed by atoms with E-state index in [9.17, 15) is 10.1 Å². The zero-order chi connectivity index (χ0) is 23.3. The second-order valence-corrected chi connectivity index (χ2v) is 8.87. The van der Waals surface area contributed by atoms with Crippen LogP contribution >= 0.6 is 0 Å². The third-order valence-corrected chi connectivity index (χ3v) is 6.24. The molecule has 0 radical (unpaired) electrons. The number of aromatic nitrogens is 4. The highest BCUT2D eigenvalue weighted by Crippen LogP contribution is 2.30. The molecule has 0 atom stereocenters. The van der Waals surface area contributed by atoms with E-state index in [0.29, 0.717) is 0 Å². The van der Waals surface area contributed by atoms with E-state index in [1.165, 1.54) is 0 Å². The van der Waals surface area contributed by atoms with Crippen LogP contribution in [0.3, 0.4) is 0 Å². The first-order valence-electron chi connectivity index (χ1n) is 10.8. The lowest BCUT2D eigenvalue weighted by atomic mass is 9.86. The Morgan fingerprint density at radius 2 is 1.70 bits per heavy atom. The molecule has 0 spiro atoms. The van der Waals surface area contributed by atoms with Crippen LogP contribution in [0.15, 0.2) is 71.8 Å². The van der Waals surface area contributed by atoms with Crippen LogP contribution in [0.5, 0.6) is 0 Å². The lowest BCUT2D eigenvalue weighted by Crippen LogP contribution is -2.21. The van der Waals surface area contributed by atoms with Gasteiger partial charge in [-0.15, -0.1) is 0 Å². The molecule has 0 amide bonds. The fraction of sp³-hybridized carbons (Fsp3) is 0.185. The lowest BCUT2D eigenvalue weighted by Gasteiger charge is -2.16. The van der Waals surface area contributed by atoms with Crippen LogP contribution in [0.1, 0.15) is 25.1 Å². The van der Waals surface area contributed by atoms with Crippen molar-refractivity contribution < 1.29 is 0 Å². The molecule has 0 unspecified atom stereocenters. The van der Waals surface area contributed by atoms with Gasteiger partial charge < -0.3 is 0 Å². The molecule has 0 saturated carbocycles. The van der Waals surface area contributed by atoms with E-state index >= 15 is 0 Å². The Kier molecular flexibility index (Phi) is 4.64. The normalized spacial score (nSPS) is 11.7. The summed E-state index contributed by atoms with van der Waals surface area (Å²) >= 11 is 0. The first-order chi connectivity index (χ1) is 15.8. The van der Waals surface area contributed by atoms with E-state index < -0.39 is 5.41 Å². The average molecular weight is 434 g/mol. The number of imidazole rings is 1. The van der Waals surface area contributed by atoms with Crippen molar-refractivity contribution in [3.63, 3.8) is 0 Å². The predicted molar refractivity (Wildman–Crippen MR) is 130 cm³/mol. The lowest BCUT2D eigenvalue weighted by molar-refractivity contribution is 0.686. The summed E-state index contributed by atoms with van der Waals surface area (Å²) in [5.74, 6) is 0. The molecule has 0 bridgehead atoms. The van der Waals surface area contributed by atoms with Gasteiger partial charge in [-0.2, -0.15) is 5.26 Å². The van der Waals surface area contributed by atoms with Crippen molar-refractivity contribution in [2.24, 2.45) is 7.05 Å². The van der Waals surface area contributed by atoms with Gasteiger partial charge in [-0.25, -0.2) is 4.79 Å². The number of aryl methyl sites for hydroxylation is 2. The van der Waals surface area contributed by atoms with Gasteiger partial charge in [0.15, 0.2) is 0 Å². The third-order valence-electron chi connectivity index (χ3n) is 6.24. The summed E-state index contributed by atoms with van der Waals surface area (Å²) in [5, 5.41) is 10.4. The molecule has 2 aromatic carbocycles. The number of pyridine rings is 2. The number of rotatable bonds is 3. The molecule has 0 saturated heterocycles. The van der Waals surface area contributed by atoms with Crippen molar-refractivity contribution in [3.05, 3.63) is 88.7 Å². The molecule has 0 fully saturated rings. The maximum atomic E-state index is 13.3. The Labute approximate surface area is 191 Å². The molecule has 162 valence electrons. The summed E-state index contributed by atoms with van der Waals surface area (Å²) < 4.78 is 3.35. The van der Waals surface area contributed by atoms with E-state index in [1.807, 2.05) is 69.3 Å². The number of benzene rings is 2. The number of hydrogen-bond donors (Lipinski definition) is 0. The number of hydrogen-bond acceptors (Lipinski definition) is 4. The van der Waals surface area contributed by atoms with Crippen molar-refractivity contribution in [3.8, 4) is 22.9 Å². The minimum Gasteiger partial charge on any atom is -0.293 e. The molecule has 5 rings (SSSR count). The fourth-order valence-corrected chi connectivity index (χ4v) is 4.23. The van der Waals surface area contributed by atoms with Gasteiger partial charge in [0, 0.05) is 24.3 Å². The highest BCUT2D eigenvalue weighted by Gasteiger charge is 2.21. The molecule has 0 N–H and O–H groups in total. The highest BCUT2D eigenvalue weighted by atomic mass is 16.1. The van der Waals surface area contributed by atoms with E-state index in [2.05, 4.69) is 22.1 Å². The third kappa shape index (κ3) is 3.30. The minimum absolute atomic E-state index is 0.142. The fourth-order valence-electron chi connectivity index (χ4n) is 4.23. The molecule has 6 heteroatoms. The summed E-state index contributed by atoms with van der Waals surface area (Å²) in [5.41, 5.74) is 6.35. The van der Waals surface area contributed by atoms with Crippen LogP contribution in [0.25, 0.3) is 38.8 Å². The maximum Gasteiger partial charge on any atom is 0.333 e. The Morgan fingerprint density at radius 3 is 2.39 bits per heavy atom. The van der Waals surface area contributed by atoms with Gasteiger partial charge in [-0.1, -0.05) is 18.2 Å². The quantitative estimate of drug-likeness (QED) is 0.399. The van der Waals surface area contributed by atoms with Crippen LogP contribution < -0.4 is 5.69 Å². The Hall–Kier alpha value is -4.24. The zero-order valence-electron chi connectivity index (χ0n) is 19.0. The molecule has 3 aromatic heterocycles. The summed E-state index contributed by atoms with van der Waals surface area (Å²) in [6.07, 6.45) is 3.55. The number of nitrogens with zero attached hydrogens (tertiary/aromatic N) is 5. The van der Waals surface area contributed by atoms with Gasteiger partial charge in [0.25, 0.3) is 0 Å². The minimum atomic E-state index is -0.601. The van der Waals surface area contributed by atoms with E-state index in [1.54, 1.807) is 28.6 Å². The van der Waals surface area contributed by atoms with Gasteiger partial charge in [0.05, 0.1) is 39.9 Å². The van der Waals surface area contributed by atoms with Crippen molar-refractivity contribution in [2.75, 3.05) is 0 Å². The van der Waals surface area contributed by atoms with E-state index in [-0.39, 0.29) is 5.69 Å². The number of fused-ring (bicyclic) bond motifs is 3. The van der Waals surface area contributed by atoms with Crippen molar-refractivity contribution in [1.29, 1.82) is 5.26 Å². The van der Waals surface area contributed by atoms with Crippen LogP contribution in [-0.2, 0) is 12.5 Å². The monoisotopic (exact) mass is 433 g/mol. The molecule has 0 aliphatic carbocycles. The van der Waals surface area contributed by atoms with Crippen LogP contribution in [0.2, 0.25) is 0 Å². The Balaban J connectivity index is 1.79. The SMILES string of the molecule is Cc1cc(-c2ccc3ncc4c(c3c2)n(-c2ccc(C(C)(C)C#N)cc2)c(=O)n4C)ccn1. The second kappa shape index (κ2) is 7.42. The molecule has 0 aliphatic heterocycles. The van der Waals surface area contributed by atoms with Crippen LogP contribution in [0, 0.1) is 18.3 Å². The maximum absolute atomic E-state index is 13.3. The van der Waals surface area contributed by atoms with Gasteiger partial charge in [0.1, 0.15) is 0 Å². The molecule has 5 aromatic rings. The van der Waals surface area contributed by atoms with Gasteiger partial charge in [-0.05, 0) is 73.9 Å². The standard InChI is InChI=1S/C27H23N5O/c1-17-13-19(11-12-29-17)18-5-10-23-22(14-18)25-24(15-30-23)31(4)26(33)32(25)21-8-6-20(7-9-21)27(2,3)16-28/h5-15H,1-4H3. The van der Waals surface area contributed by atoms with Crippen LogP contribution in [0.4, 0.5) is 0 Å². The van der Waals surface area contributed by atoms with Crippen molar-refractivity contribution in [1.82, 2.24) is 19.1 Å². The Bertz CT molecular complexity index is 1630. The molecule has 6 nitrogen and oxygen atoms in total. The second-order valence-electron chi connectivity index (χ2n) is 8.87. The average Bonchev–Trinajstić information content (AvgIpc) is 3.09. The smallest absolute Gasteiger partial charge is 0.293 e. The van der Waals surface area contributed by atoms with Gasteiger partial charge >= 0.3 is 5.69 Å². The van der Waals surface area contributed by atoms with Crippen molar-refractivity contribution in [2.45, 2.75) is 26.2 Å². The van der Waals surface area contributed by atoms with Crippen molar-refractivity contribution >= 4 is 21.9 Å². The molecule has 33 heavy (non-hydrogen) atoms. The van der Waals surface area contributed by atoms with E-state index in [0.717, 1.165) is 50.0 Å². The summed E-state index contributed by atoms with van der Waals surface area (Å²) in [6, 6.07) is 20.1. The van der Waals surface area contributed by atoms with Gasteiger partial charge in [-0.3, -0.25) is 19.1 Å². The summed E-state index contributed by atoms with van der Waals surface area (Å²) in [7, 11) is 1.76. The molecule has 0 aliphatic rings. The van der Waals surface area contributed by atoms with Gasteiger partial charge in [0.2, 0.25) is 0 Å². The number of nitriles is 1. The Morgan fingerprint density at radius 1 is 0.970 bits per heavy atom. The predicted octanol–water partition coefficient (Wildman–Crippen LogP) is 5.05. The largest absolute Gasteiger partial charge is 0.333 e. The highest BCUT2D eigenvalue weighted by molar-refractivity contribution is 6.04. The van der Waals surface area contributed by atoms with Crippen LogP contribution in [-0.4, -0.2) is 19.1 Å². The zero-order valence-corrected chi connectivity index (χ0v) is 19.0. The summed E-state index contributed by atoms with van der Waals surface area (Å²) in [6.45, 7) is 5.73. The summed E-state index contributed by atoms with van der Waals surface area (Å²) in [4.78, 5) is 22.2.